The average Bonchev–Trinajstić information content (AvgIpc) is 2.78. The summed E-state index contributed by atoms with van der Waals surface area (Å²) in [4.78, 5) is 17.6. The van der Waals surface area contributed by atoms with Gasteiger partial charge in [0.25, 0.3) is 0 Å². The molecule has 0 bridgehead atoms. The number of hydrogen-bond acceptors (Lipinski definition) is 4. The summed E-state index contributed by atoms with van der Waals surface area (Å²) in [5.41, 5.74) is 3.86. The SMILES string of the molecule is COc1ccccc1N1CCCC(NC(=O)C(C)N2CCc3ccccc3C2)C1. The third-order valence-electron chi connectivity index (χ3n) is 6.28. The lowest BCUT2D eigenvalue weighted by Gasteiger charge is -2.37. The largest absolute Gasteiger partial charge is 0.495 e. The molecule has 2 aliphatic heterocycles. The highest BCUT2D eigenvalue weighted by Gasteiger charge is 2.28. The van der Waals surface area contributed by atoms with Gasteiger partial charge in [-0.15, -0.1) is 0 Å². The third kappa shape index (κ3) is 4.40. The number of rotatable bonds is 5. The topological polar surface area (TPSA) is 44.8 Å². The fraction of sp³-hybridized carbons (Fsp3) is 0.458. The van der Waals surface area contributed by atoms with E-state index in [0.717, 1.165) is 56.9 Å². The number of nitrogens with zero attached hydrogens (tertiary/aromatic N) is 2. The molecule has 29 heavy (non-hydrogen) atoms. The predicted octanol–water partition coefficient (Wildman–Crippen LogP) is 3.23. The van der Waals surface area contributed by atoms with Crippen LogP contribution in [0.2, 0.25) is 0 Å². The Balaban J connectivity index is 1.37. The number of piperidine rings is 1. The van der Waals surface area contributed by atoms with Gasteiger partial charge in [0.05, 0.1) is 18.8 Å². The first kappa shape index (κ1) is 19.8. The summed E-state index contributed by atoms with van der Waals surface area (Å²) in [6, 6.07) is 16.7. The van der Waals surface area contributed by atoms with Gasteiger partial charge in [-0.25, -0.2) is 0 Å². The maximum absolute atomic E-state index is 13.0. The Hall–Kier alpha value is -2.53. The first-order valence-corrected chi connectivity index (χ1v) is 10.6. The molecule has 154 valence electrons. The van der Waals surface area contributed by atoms with Crippen LogP contribution in [-0.4, -0.2) is 49.6 Å². The molecule has 2 aromatic carbocycles. The van der Waals surface area contributed by atoms with Crippen LogP contribution in [0.3, 0.4) is 0 Å². The number of carbonyl (C=O) groups excluding carboxylic acids is 1. The summed E-state index contributed by atoms with van der Waals surface area (Å²) in [5, 5.41) is 3.31. The maximum atomic E-state index is 13.0. The molecular formula is C24H31N3O2. The first-order valence-electron chi connectivity index (χ1n) is 10.6. The number of amides is 1. The van der Waals surface area contributed by atoms with Crippen molar-refractivity contribution >= 4 is 11.6 Å². The molecule has 1 saturated heterocycles. The van der Waals surface area contributed by atoms with Crippen molar-refractivity contribution in [3.63, 3.8) is 0 Å². The first-order chi connectivity index (χ1) is 14.2. The van der Waals surface area contributed by atoms with Crippen LogP contribution in [0.5, 0.6) is 5.75 Å². The molecule has 2 heterocycles. The minimum Gasteiger partial charge on any atom is -0.495 e. The Morgan fingerprint density at radius 1 is 1.10 bits per heavy atom. The van der Waals surface area contributed by atoms with Gasteiger partial charge in [0.15, 0.2) is 0 Å². The van der Waals surface area contributed by atoms with Crippen LogP contribution in [0, 0.1) is 0 Å². The minimum atomic E-state index is -0.120. The molecule has 1 amide bonds. The van der Waals surface area contributed by atoms with E-state index in [1.165, 1.54) is 11.1 Å². The van der Waals surface area contributed by atoms with Gasteiger partial charge in [0.1, 0.15) is 5.75 Å². The molecule has 1 fully saturated rings. The van der Waals surface area contributed by atoms with Crippen LogP contribution in [0.15, 0.2) is 48.5 Å². The Morgan fingerprint density at radius 2 is 1.86 bits per heavy atom. The fourth-order valence-corrected chi connectivity index (χ4v) is 4.54. The molecule has 0 aliphatic carbocycles. The second-order valence-corrected chi connectivity index (χ2v) is 8.13. The van der Waals surface area contributed by atoms with Gasteiger partial charge in [-0.2, -0.15) is 0 Å². The zero-order valence-corrected chi connectivity index (χ0v) is 17.4. The third-order valence-corrected chi connectivity index (χ3v) is 6.28. The summed E-state index contributed by atoms with van der Waals surface area (Å²) < 4.78 is 5.53. The minimum absolute atomic E-state index is 0.120. The molecule has 2 aromatic rings. The van der Waals surface area contributed by atoms with Crippen molar-refractivity contribution in [2.75, 3.05) is 31.6 Å². The van der Waals surface area contributed by atoms with Crippen LogP contribution in [0.4, 0.5) is 5.69 Å². The normalized spacial score (nSPS) is 20.6. The number of fused-ring (bicyclic) bond motifs is 1. The Labute approximate surface area is 173 Å². The molecule has 2 unspecified atom stereocenters. The zero-order valence-electron chi connectivity index (χ0n) is 17.4. The van der Waals surface area contributed by atoms with Crippen molar-refractivity contribution in [1.29, 1.82) is 0 Å². The van der Waals surface area contributed by atoms with Crippen molar-refractivity contribution in [1.82, 2.24) is 10.2 Å². The van der Waals surface area contributed by atoms with Crippen molar-refractivity contribution in [2.24, 2.45) is 0 Å². The second kappa shape index (κ2) is 8.87. The summed E-state index contributed by atoms with van der Waals surface area (Å²) in [5.74, 6) is 1.02. The Morgan fingerprint density at radius 3 is 2.69 bits per heavy atom. The van der Waals surface area contributed by atoms with E-state index in [9.17, 15) is 4.79 Å². The van der Waals surface area contributed by atoms with Crippen LogP contribution >= 0.6 is 0 Å². The van der Waals surface area contributed by atoms with Crippen molar-refractivity contribution in [3.05, 3.63) is 59.7 Å². The molecule has 0 spiro atoms. The molecule has 5 nitrogen and oxygen atoms in total. The molecule has 2 atom stereocenters. The highest BCUT2D eigenvalue weighted by atomic mass is 16.5. The van der Waals surface area contributed by atoms with Gasteiger partial charge in [0.2, 0.25) is 5.91 Å². The standard InChI is InChI=1S/C24H31N3O2/c1-18(26-15-13-19-8-3-4-9-20(19)16-26)24(28)25-21-10-7-14-27(17-21)22-11-5-6-12-23(22)29-2/h3-6,8-9,11-12,18,21H,7,10,13-17H2,1-2H3,(H,25,28). The molecule has 2 aliphatic rings. The predicted molar refractivity (Wildman–Crippen MR) is 116 cm³/mol. The van der Waals surface area contributed by atoms with E-state index >= 15 is 0 Å². The number of hydrogen-bond donors (Lipinski definition) is 1. The number of methoxy groups -OCH3 is 1. The second-order valence-electron chi connectivity index (χ2n) is 8.13. The Kier molecular flexibility index (Phi) is 6.05. The van der Waals surface area contributed by atoms with E-state index in [1.54, 1.807) is 7.11 Å². The van der Waals surface area contributed by atoms with Gasteiger partial charge >= 0.3 is 0 Å². The van der Waals surface area contributed by atoms with Crippen LogP contribution in [0.25, 0.3) is 0 Å². The van der Waals surface area contributed by atoms with E-state index in [0.29, 0.717) is 0 Å². The smallest absolute Gasteiger partial charge is 0.237 e. The quantitative estimate of drug-likeness (QED) is 0.847. The van der Waals surface area contributed by atoms with Gasteiger partial charge in [-0.3, -0.25) is 9.69 Å². The highest BCUT2D eigenvalue weighted by Crippen LogP contribution is 2.30. The highest BCUT2D eigenvalue weighted by molar-refractivity contribution is 5.81. The van der Waals surface area contributed by atoms with Crippen LogP contribution < -0.4 is 15.0 Å². The molecule has 5 heteroatoms. The van der Waals surface area contributed by atoms with Gasteiger partial charge in [-0.1, -0.05) is 36.4 Å². The summed E-state index contributed by atoms with van der Waals surface area (Å²) >= 11 is 0. The van der Waals surface area contributed by atoms with Crippen LogP contribution in [0.1, 0.15) is 30.9 Å². The van der Waals surface area contributed by atoms with E-state index in [2.05, 4.69) is 45.4 Å². The van der Waals surface area contributed by atoms with Gasteiger partial charge in [0, 0.05) is 32.2 Å². The molecule has 4 rings (SSSR count). The maximum Gasteiger partial charge on any atom is 0.237 e. The summed E-state index contributed by atoms with van der Waals surface area (Å²) in [6.07, 6.45) is 3.10. The van der Waals surface area contributed by atoms with Gasteiger partial charge in [-0.05, 0) is 49.4 Å². The number of carbonyl (C=O) groups is 1. The van der Waals surface area contributed by atoms with E-state index < -0.39 is 0 Å². The number of nitrogens with one attached hydrogen (secondary N) is 1. The molecule has 0 saturated carbocycles. The number of ether oxygens (including phenoxy) is 1. The lowest BCUT2D eigenvalue weighted by molar-refractivity contribution is -0.127. The molecule has 1 N–H and O–H groups in total. The molecule has 0 radical (unpaired) electrons. The monoisotopic (exact) mass is 393 g/mol. The summed E-state index contributed by atoms with van der Waals surface area (Å²) in [6.45, 7) is 5.63. The average molecular weight is 394 g/mol. The number of benzene rings is 2. The van der Waals surface area contributed by atoms with Crippen molar-refractivity contribution in [2.45, 2.75) is 44.8 Å². The van der Waals surface area contributed by atoms with Crippen LogP contribution in [-0.2, 0) is 17.8 Å². The lowest BCUT2D eigenvalue weighted by atomic mass is 9.98. The van der Waals surface area contributed by atoms with Gasteiger partial charge < -0.3 is 15.0 Å². The summed E-state index contributed by atoms with van der Waals surface area (Å²) in [7, 11) is 1.71. The fourth-order valence-electron chi connectivity index (χ4n) is 4.54. The van der Waals surface area contributed by atoms with E-state index in [4.69, 9.17) is 4.74 Å². The van der Waals surface area contributed by atoms with E-state index in [1.807, 2.05) is 25.1 Å². The lowest BCUT2D eigenvalue weighted by Crippen LogP contribution is -2.53. The Bertz CT molecular complexity index is 854. The van der Waals surface area contributed by atoms with Crippen molar-refractivity contribution in [3.8, 4) is 5.75 Å². The number of para-hydroxylation sites is 2. The van der Waals surface area contributed by atoms with Crippen molar-refractivity contribution < 1.29 is 9.53 Å². The number of anilines is 1. The van der Waals surface area contributed by atoms with E-state index in [-0.39, 0.29) is 18.0 Å². The molecular weight excluding hydrogens is 362 g/mol. The molecule has 0 aromatic heterocycles. The zero-order chi connectivity index (χ0) is 20.2.